The Kier molecular flexibility index (Phi) is 10.2. The van der Waals surface area contributed by atoms with Gasteiger partial charge in [-0.1, -0.05) is 43.6 Å². The van der Waals surface area contributed by atoms with Gasteiger partial charge in [-0.3, -0.25) is 4.55 Å². The molecule has 0 bridgehead atoms. The highest BCUT2D eigenvalue weighted by Gasteiger charge is 2.58. The van der Waals surface area contributed by atoms with Crippen LogP contribution in [0.5, 0.6) is 11.5 Å². The lowest BCUT2D eigenvalue weighted by molar-refractivity contribution is -0.231. The first-order valence-electron chi connectivity index (χ1n) is 13.4. The first-order valence-corrected chi connectivity index (χ1v) is 14.8. The number of hydrogen-bond donors (Lipinski definition) is 4. The van der Waals surface area contributed by atoms with Crippen molar-refractivity contribution in [2.24, 2.45) is 16.8 Å². The number of nitrogens with zero attached hydrogens (tertiary/aromatic N) is 2. The minimum atomic E-state index is -4.85. The van der Waals surface area contributed by atoms with Crippen molar-refractivity contribution in [3.8, 4) is 11.5 Å². The molecule has 1 fully saturated rings. The Hall–Kier alpha value is -2.44. The zero-order valence-electron chi connectivity index (χ0n) is 23.4. The molecule has 1 aromatic rings. The Balaban J connectivity index is 2.03. The van der Waals surface area contributed by atoms with E-state index in [1.54, 1.807) is 6.07 Å². The molecule has 2 aliphatic rings. The van der Waals surface area contributed by atoms with Gasteiger partial charge in [-0.05, 0) is 70.1 Å². The third-order valence-corrected chi connectivity index (χ3v) is 8.53. The van der Waals surface area contributed by atoms with Crippen molar-refractivity contribution in [1.82, 2.24) is 4.31 Å². The van der Waals surface area contributed by atoms with Gasteiger partial charge in [0, 0.05) is 18.5 Å². The van der Waals surface area contributed by atoms with Gasteiger partial charge in [0.25, 0.3) is 0 Å². The Bertz CT molecular complexity index is 1210. The summed E-state index contributed by atoms with van der Waals surface area (Å²) >= 11 is 0. The highest BCUT2D eigenvalue weighted by Crippen LogP contribution is 2.47. The van der Waals surface area contributed by atoms with Gasteiger partial charge in [0.15, 0.2) is 6.23 Å². The van der Waals surface area contributed by atoms with Crippen LogP contribution in [-0.2, 0) is 21.5 Å². The van der Waals surface area contributed by atoms with Crippen molar-refractivity contribution in [2.75, 3.05) is 7.05 Å². The number of phenolic OH excluding ortho intramolecular Hbond substituents is 1. The summed E-state index contributed by atoms with van der Waals surface area (Å²) in [6.07, 6.45) is 2.96. The zero-order valence-corrected chi connectivity index (χ0v) is 24.2. The first-order chi connectivity index (χ1) is 18.3. The summed E-state index contributed by atoms with van der Waals surface area (Å²) in [5.41, 5.74) is 3.56. The van der Waals surface area contributed by atoms with Gasteiger partial charge in [-0.2, -0.15) is 8.42 Å². The molecule has 1 aliphatic heterocycles. The number of aryl methyl sites for hydroxylation is 1. The maximum Gasteiger partial charge on any atom is 0.390 e. The maximum atomic E-state index is 11.9. The lowest BCUT2D eigenvalue weighted by Crippen LogP contribution is -2.69. The number of aromatic hydroxyl groups is 1. The monoisotopic (exact) mass is 566 g/mol. The molecule has 218 valence electrons. The third kappa shape index (κ3) is 7.01. The number of aliphatic hydroxyl groups is 2. The van der Waals surface area contributed by atoms with Gasteiger partial charge in [0.05, 0.1) is 12.0 Å². The fourth-order valence-electron chi connectivity index (χ4n) is 5.46. The fourth-order valence-corrected chi connectivity index (χ4v) is 6.32. The number of ether oxygens (including phenoxy) is 2. The molecule has 0 aromatic heterocycles. The number of hydrogen-bond acceptors (Lipinski definition) is 8. The molecule has 39 heavy (non-hydrogen) atoms. The van der Waals surface area contributed by atoms with E-state index >= 15 is 0 Å². The molecular formula is C28H42N2O8S. The smallest absolute Gasteiger partial charge is 0.390 e. The van der Waals surface area contributed by atoms with Crippen LogP contribution in [0.3, 0.4) is 0 Å². The summed E-state index contributed by atoms with van der Waals surface area (Å²) in [4.78, 5) is 4.02. The Labute approximate surface area is 231 Å². The number of phenols is 1. The lowest BCUT2D eigenvalue weighted by atomic mass is 9.73. The zero-order chi connectivity index (χ0) is 29.1. The van der Waals surface area contributed by atoms with E-state index in [1.807, 2.05) is 19.9 Å². The molecule has 1 aliphatic carbocycles. The van der Waals surface area contributed by atoms with Crippen LogP contribution in [0.4, 0.5) is 0 Å². The molecule has 0 saturated carbocycles. The summed E-state index contributed by atoms with van der Waals surface area (Å²) < 4.78 is 45.5. The SMILES string of the molecule is C=C(C)[C@@H]1CCC(C)=C[C@H]1c1c(O)cc(CCCCC)cc1OC(=NC)OC1[C@@H]([C@@H](C)O)C(O)N1S(=O)(=O)O. The molecule has 11 heteroatoms. The van der Waals surface area contributed by atoms with Crippen LogP contribution >= 0.6 is 0 Å². The predicted molar refractivity (Wildman–Crippen MR) is 149 cm³/mol. The van der Waals surface area contributed by atoms with Crippen LogP contribution in [0.25, 0.3) is 0 Å². The van der Waals surface area contributed by atoms with Gasteiger partial charge >= 0.3 is 16.4 Å². The topological polar surface area (TPSA) is 149 Å². The third-order valence-electron chi connectivity index (χ3n) is 7.57. The van der Waals surface area contributed by atoms with Crippen molar-refractivity contribution in [3.05, 3.63) is 47.1 Å². The van der Waals surface area contributed by atoms with Crippen LogP contribution in [0.2, 0.25) is 0 Å². The van der Waals surface area contributed by atoms with Gasteiger partial charge in [0.1, 0.15) is 17.7 Å². The summed E-state index contributed by atoms with van der Waals surface area (Å²) in [7, 11) is -3.47. The highest BCUT2D eigenvalue weighted by molar-refractivity contribution is 7.83. The minimum absolute atomic E-state index is 0.0623. The number of benzene rings is 1. The summed E-state index contributed by atoms with van der Waals surface area (Å²) in [5, 5.41) is 31.6. The van der Waals surface area contributed by atoms with E-state index in [2.05, 4.69) is 24.6 Å². The van der Waals surface area contributed by atoms with Crippen molar-refractivity contribution < 1.29 is 37.8 Å². The molecule has 0 amide bonds. The molecule has 3 rings (SSSR count). The van der Waals surface area contributed by atoms with Crippen molar-refractivity contribution in [2.45, 2.75) is 90.7 Å². The molecule has 2 unspecified atom stereocenters. The van der Waals surface area contributed by atoms with E-state index < -0.39 is 34.8 Å². The average Bonchev–Trinajstić information content (AvgIpc) is 2.81. The Morgan fingerprint density at radius 1 is 1.31 bits per heavy atom. The highest BCUT2D eigenvalue weighted by atomic mass is 32.2. The van der Waals surface area contributed by atoms with E-state index in [9.17, 15) is 28.3 Å². The summed E-state index contributed by atoms with van der Waals surface area (Å²) in [6, 6.07) is 3.58. The summed E-state index contributed by atoms with van der Waals surface area (Å²) in [5.74, 6) is -0.850. The number of allylic oxidation sites excluding steroid dienone is 3. The molecule has 4 N–H and O–H groups in total. The second-order valence-corrected chi connectivity index (χ2v) is 12.0. The molecule has 1 saturated heterocycles. The molecule has 1 aromatic carbocycles. The van der Waals surface area contributed by atoms with Crippen LogP contribution in [-0.4, -0.2) is 64.3 Å². The van der Waals surface area contributed by atoms with Gasteiger partial charge in [0.2, 0.25) is 0 Å². The molecule has 0 spiro atoms. The average molecular weight is 567 g/mol. The quantitative estimate of drug-likeness (QED) is 0.108. The summed E-state index contributed by atoms with van der Waals surface area (Å²) in [6.45, 7) is 11.7. The van der Waals surface area contributed by atoms with Gasteiger partial charge < -0.3 is 24.8 Å². The normalized spacial score (nSPS) is 26.9. The fraction of sp³-hybridized carbons (Fsp3) is 0.607. The van der Waals surface area contributed by atoms with E-state index in [0.717, 1.165) is 49.7 Å². The Morgan fingerprint density at radius 2 is 2.00 bits per heavy atom. The lowest BCUT2D eigenvalue weighted by Gasteiger charge is -2.49. The number of aliphatic hydroxyl groups excluding tert-OH is 2. The molecule has 0 radical (unpaired) electrons. The van der Waals surface area contributed by atoms with Crippen LogP contribution in [0, 0.1) is 11.8 Å². The minimum Gasteiger partial charge on any atom is -0.507 e. The first kappa shape index (κ1) is 31.1. The van der Waals surface area contributed by atoms with Crippen molar-refractivity contribution >= 4 is 16.4 Å². The molecule has 10 nitrogen and oxygen atoms in total. The van der Waals surface area contributed by atoms with Gasteiger partial charge in [-0.15, -0.1) is 4.31 Å². The van der Waals surface area contributed by atoms with Crippen molar-refractivity contribution in [3.63, 3.8) is 0 Å². The second-order valence-electron chi connectivity index (χ2n) is 10.7. The van der Waals surface area contributed by atoms with Crippen molar-refractivity contribution in [1.29, 1.82) is 0 Å². The van der Waals surface area contributed by atoms with Crippen LogP contribution in [0.15, 0.2) is 40.9 Å². The van der Waals surface area contributed by atoms with Crippen LogP contribution in [0.1, 0.15) is 76.8 Å². The molecule has 1 heterocycles. The van der Waals surface area contributed by atoms with E-state index in [1.165, 1.54) is 19.5 Å². The standard InChI is InChI=1S/C28H42N2O8S/c1-7-8-9-10-19-14-22(32)25(21-13-17(4)11-12-20(21)16(2)3)23(15-19)37-28(29-6)38-27-24(18(5)31)26(33)30(27)39(34,35)36/h13-15,18,20-21,24,26-27,31-33H,2,7-12H2,1,3-6H3,(H,34,35,36)/t18-,20+,21-,24+,26?,27?/m1/s1. The second kappa shape index (κ2) is 12.8. The molecular weight excluding hydrogens is 524 g/mol. The number of unbranched alkanes of at least 4 members (excludes halogenated alkanes) is 2. The van der Waals surface area contributed by atoms with E-state index in [-0.39, 0.29) is 23.7 Å². The van der Waals surface area contributed by atoms with Crippen LogP contribution < -0.4 is 4.74 Å². The number of aliphatic imine (C=N–C) groups is 1. The maximum absolute atomic E-state index is 11.9. The van der Waals surface area contributed by atoms with E-state index in [4.69, 9.17) is 9.47 Å². The number of rotatable bonds is 10. The van der Waals surface area contributed by atoms with E-state index in [0.29, 0.717) is 15.6 Å². The predicted octanol–water partition coefficient (Wildman–Crippen LogP) is 4.28. The Morgan fingerprint density at radius 3 is 2.56 bits per heavy atom. The molecule has 6 atom stereocenters. The largest absolute Gasteiger partial charge is 0.507 e. The van der Waals surface area contributed by atoms with Gasteiger partial charge in [-0.25, -0.2) is 4.99 Å².